The van der Waals surface area contributed by atoms with Crippen molar-refractivity contribution in [3.05, 3.63) is 0 Å². The second-order valence-electron chi connectivity index (χ2n) is 4.52. The van der Waals surface area contributed by atoms with Gasteiger partial charge in [0.25, 0.3) is 0 Å². The smallest absolute Gasteiger partial charge is 0.0826 e. The van der Waals surface area contributed by atoms with Crippen LogP contribution in [0.5, 0.6) is 0 Å². The van der Waals surface area contributed by atoms with Crippen LogP contribution in [-0.2, 0) is 4.74 Å². The maximum atomic E-state index is 5.67. The second-order valence-corrected chi connectivity index (χ2v) is 4.52. The predicted octanol–water partition coefficient (Wildman–Crippen LogP) is 1.49. The van der Waals surface area contributed by atoms with Crippen LogP contribution in [0.1, 0.15) is 32.6 Å². The standard InChI is InChI=1S/C12H26N2O/c1-3-4-5-6-7-13-10-12-11-14(2)8-9-15-12/h12-13H,3-11H2,1-2H3. The van der Waals surface area contributed by atoms with Crippen molar-refractivity contribution in [2.45, 2.75) is 38.7 Å². The third kappa shape index (κ3) is 6.13. The molecule has 3 heteroatoms. The van der Waals surface area contributed by atoms with E-state index in [1.54, 1.807) is 0 Å². The Kier molecular flexibility index (Phi) is 6.98. The van der Waals surface area contributed by atoms with Crippen LogP contribution in [0.2, 0.25) is 0 Å². The topological polar surface area (TPSA) is 24.5 Å². The van der Waals surface area contributed by atoms with E-state index in [-0.39, 0.29) is 0 Å². The van der Waals surface area contributed by atoms with E-state index in [2.05, 4.69) is 24.2 Å². The molecule has 0 saturated carbocycles. The van der Waals surface area contributed by atoms with Gasteiger partial charge in [-0.1, -0.05) is 26.2 Å². The lowest BCUT2D eigenvalue weighted by molar-refractivity contribution is -0.0180. The van der Waals surface area contributed by atoms with Crippen LogP contribution in [0.25, 0.3) is 0 Å². The fourth-order valence-corrected chi connectivity index (χ4v) is 1.93. The third-order valence-corrected chi connectivity index (χ3v) is 2.92. The summed E-state index contributed by atoms with van der Waals surface area (Å²) in [5, 5.41) is 3.48. The molecule has 15 heavy (non-hydrogen) atoms. The molecule has 1 saturated heterocycles. The maximum Gasteiger partial charge on any atom is 0.0826 e. The Morgan fingerprint density at radius 3 is 2.93 bits per heavy atom. The largest absolute Gasteiger partial charge is 0.374 e. The molecule has 0 radical (unpaired) electrons. The van der Waals surface area contributed by atoms with Gasteiger partial charge in [0, 0.05) is 19.6 Å². The molecular weight excluding hydrogens is 188 g/mol. The van der Waals surface area contributed by atoms with Crippen LogP contribution in [0.15, 0.2) is 0 Å². The summed E-state index contributed by atoms with van der Waals surface area (Å²) < 4.78 is 5.67. The van der Waals surface area contributed by atoms with Gasteiger partial charge < -0.3 is 15.0 Å². The van der Waals surface area contributed by atoms with Crippen LogP contribution in [0.4, 0.5) is 0 Å². The van der Waals surface area contributed by atoms with E-state index >= 15 is 0 Å². The molecule has 90 valence electrons. The summed E-state index contributed by atoms with van der Waals surface area (Å²) in [6, 6.07) is 0. The number of likely N-dealkylation sites (N-methyl/N-ethyl adjacent to an activating group) is 1. The maximum absolute atomic E-state index is 5.67. The van der Waals surface area contributed by atoms with Crippen LogP contribution in [-0.4, -0.2) is 50.8 Å². The van der Waals surface area contributed by atoms with Crippen molar-refractivity contribution < 1.29 is 4.74 Å². The molecule has 0 spiro atoms. The normalized spacial score (nSPS) is 23.2. The first-order valence-electron chi connectivity index (χ1n) is 6.33. The van der Waals surface area contributed by atoms with Crippen molar-refractivity contribution in [2.75, 3.05) is 39.8 Å². The minimum absolute atomic E-state index is 0.398. The highest BCUT2D eigenvalue weighted by molar-refractivity contribution is 4.70. The van der Waals surface area contributed by atoms with Crippen molar-refractivity contribution in [1.29, 1.82) is 0 Å². The summed E-state index contributed by atoms with van der Waals surface area (Å²) >= 11 is 0. The Morgan fingerprint density at radius 1 is 1.33 bits per heavy atom. The van der Waals surface area contributed by atoms with Gasteiger partial charge in [0.1, 0.15) is 0 Å². The van der Waals surface area contributed by atoms with Gasteiger partial charge in [-0.25, -0.2) is 0 Å². The van der Waals surface area contributed by atoms with Crippen molar-refractivity contribution in [3.63, 3.8) is 0 Å². The number of nitrogens with one attached hydrogen (secondary N) is 1. The van der Waals surface area contributed by atoms with Gasteiger partial charge in [-0.2, -0.15) is 0 Å². The first-order chi connectivity index (χ1) is 7.33. The molecule has 1 heterocycles. The summed E-state index contributed by atoms with van der Waals surface area (Å²) in [4.78, 5) is 2.34. The fourth-order valence-electron chi connectivity index (χ4n) is 1.93. The van der Waals surface area contributed by atoms with E-state index < -0.39 is 0 Å². The lowest BCUT2D eigenvalue weighted by atomic mass is 10.2. The van der Waals surface area contributed by atoms with Gasteiger partial charge in [-0.05, 0) is 20.0 Å². The SMILES string of the molecule is CCCCCCNCC1CN(C)CCO1. The Labute approximate surface area is 94.2 Å². The van der Waals surface area contributed by atoms with E-state index in [0.29, 0.717) is 6.10 Å². The Morgan fingerprint density at radius 2 is 2.20 bits per heavy atom. The van der Waals surface area contributed by atoms with E-state index in [4.69, 9.17) is 4.74 Å². The molecular formula is C12H26N2O. The Balaban J connectivity index is 1.90. The molecule has 1 aliphatic rings. The average Bonchev–Trinajstić information content (AvgIpc) is 2.23. The molecule has 1 atom stereocenters. The number of rotatable bonds is 7. The highest BCUT2D eigenvalue weighted by atomic mass is 16.5. The average molecular weight is 214 g/mol. The number of hydrogen-bond acceptors (Lipinski definition) is 3. The number of morpholine rings is 1. The predicted molar refractivity (Wildman–Crippen MR) is 64.2 cm³/mol. The first-order valence-corrected chi connectivity index (χ1v) is 6.33. The molecule has 1 N–H and O–H groups in total. The number of ether oxygens (including phenoxy) is 1. The number of nitrogens with zero attached hydrogens (tertiary/aromatic N) is 1. The van der Waals surface area contributed by atoms with Gasteiger partial charge in [0.2, 0.25) is 0 Å². The number of unbranched alkanes of at least 4 members (excludes halogenated alkanes) is 3. The summed E-state index contributed by atoms with van der Waals surface area (Å²) in [5.74, 6) is 0. The molecule has 1 rings (SSSR count). The van der Waals surface area contributed by atoms with Crippen molar-refractivity contribution in [1.82, 2.24) is 10.2 Å². The monoisotopic (exact) mass is 214 g/mol. The highest BCUT2D eigenvalue weighted by Crippen LogP contribution is 2.02. The molecule has 3 nitrogen and oxygen atoms in total. The molecule has 1 unspecified atom stereocenters. The zero-order valence-corrected chi connectivity index (χ0v) is 10.3. The minimum atomic E-state index is 0.398. The molecule has 1 fully saturated rings. The summed E-state index contributed by atoms with van der Waals surface area (Å²) in [6.45, 7) is 7.44. The van der Waals surface area contributed by atoms with Crippen LogP contribution < -0.4 is 5.32 Å². The van der Waals surface area contributed by atoms with Crippen LogP contribution in [0.3, 0.4) is 0 Å². The molecule has 1 aliphatic heterocycles. The van der Waals surface area contributed by atoms with Gasteiger partial charge >= 0.3 is 0 Å². The molecule has 0 aromatic rings. The molecule has 0 aliphatic carbocycles. The van der Waals surface area contributed by atoms with Gasteiger partial charge in [-0.3, -0.25) is 0 Å². The van der Waals surface area contributed by atoms with Crippen molar-refractivity contribution >= 4 is 0 Å². The van der Waals surface area contributed by atoms with Gasteiger partial charge in [0.05, 0.1) is 12.7 Å². The zero-order valence-electron chi connectivity index (χ0n) is 10.3. The third-order valence-electron chi connectivity index (χ3n) is 2.92. The zero-order chi connectivity index (χ0) is 10.9. The Hall–Kier alpha value is -0.120. The van der Waals surface area contributed by atoms with E-state index in [1.165, 1.54) is 25.7 Å². The van der Waals surface area contributed by atoms with Crippen molar-refractivity contribution in [3.8, 4) is 0 Å². The van der Waals surface area contributed by atoms with Crippen molar-refractivity contribution in [2.24, 2.45) is 0 Å². The minimum Gasteiger partial charge on any atom is -0.374 e. The van der Waals surface area contributed by atoms with Gasteiger partial charge in [-0.15, -0.1) is 0 Å². The lowest BCUT2D eigenvalue weighted by Gasteiger charge is -2.30. The summed E-state index contributed by atoms with van der Waals surface area (Å²) in [6.07, 6.45) is 5.74. The first kappa shape index (κ1) is 12.9. The highest BCUT2D eigenvalue weighted by Gasteiger charge is 2.16. The molecule has 0 amide bonds. The van der Waals surface area contributed by atoms with E-state index in [1.807, 2.05) is 0 Å². The Bertz CT molecular complexity index is 153. The van der Waals surface area contributed by atoms with E-state index in [0.717, 1.165) is 32.8 Å². The number of hydrogen-bond donors (Lipinski definition) is 1. The van der Waals surface area contributed by atoms with Crippen LogP contribution in [0, 0.1) is 0 Å². The quantitative estimate of drug-likeness (QED) is 0.650. The second kappa shape index (κ2) is 8.08. The lowest BCUT2D eigenvalue weighted by Crippen LogP contribution is -2.44. The van der Waals surface area contributed by atoms with Crippen LogP contribution >= 0.6 is 0 Å². The molecule has 0 bridgehead atoms. The summed E-state index contributed by atoms with van der Waals surface area (Å²) in [7, 11) is 2.16. The molecule has 0 aromatic carbocycles. The van der Waals surface area contributed by atoms with Gasteiger partial charge in [0.15, 0.2) is 0 Å². The van der Waals surface area contributed by atoms with E-state index in [9.17, 15) is 0 Å². The fraction of sp³-hybridized carbons (Fsp3) is 1.00. The molecule has 0 aromatic heterocycles. The summed E-state index contributed by atoms with van der Waals surface area (Å²) in [5.41, 5.74) is 0.